The van der Waals surface area contributed by atoms with Crippen LogP contribution in [-0.4, -0.2) is 56.0 Å². The molecule has 0 spiro atoms. The molecule has 1 unspecified atom stereocenters. The number of halogens is 3. The molecule has 5 rings (SSSR count). The Balaban J connectivity index is 1.30. The number of aromatic nitrogens is 1. The molecule has 1 aliphatic heterocycles. The van der Waals surface area contributed by atoms with Crippen molar-refractivity contribution in [2.75, 3.05) is 30.4 Å². The van der Waals surface area contributed by atoms with E-state index in [0.717, 1.165) is 30.5 Å². The minimum Gasteiger partial charge on any atom is -0.496 e. The molecule has 1 aliphatic carbocycles. The molecular formula is C33H36F3N3O5S. The van der Waals surface area contributed by atoms with E-state index in [1.54, 1.807) is 31.2 Å². The van der Waals surface area contributed by atoms with E-state index >= 15 is 0 Å². The molecular weight excluding hydrogens is 607 g/mol. The Morgan fingerprint density at radius 2 is 1.80 bits per heavy atom. The largest absolute Gasteiger partial charge is 0.496 e. The zero-order valence-electron chi connectivity index (χ0n) is 24.8. The van der Waals surface area contributed by atoms with E-state index in [-0.39, 0.29) is 28.2 Å². The number of carbonyl (C=O) groups is 1. The van der Waals surface area contributed by atoms with Crippen molar-refractivity contribution in [1.29, 1.82) is 0 Å². The van der Waals surface area contributed by atoms with Gasteiger partial charge < -0.3 is 20.1 Å². The van der Waals surface area contributed by atoms with E-state index in [1.807, 2.05) is 4.90 Å². The number of nitrogens with zero attached hydrogens (tertiary/aromatic N) is 2. The number of hydrogen-bond acceptors (Lipinski definition) is 7. The maximum atomic E-state index is 13.1. The average Bonchev–Trinajstić information content (AvgIpc) is 3.77. The molecule has 2 aromatic carbocycles. The molecule has 1 saturated carbocycles. The summed E-state index contributed by atoms with van der Waals surface area (Å²) in [6.45, 7) is 6.36. The van der Waals surface area contributed by atoms with Crippen LogP contribution in [0.25, 0.3) is 0 Å². The van der Waals surface area contributed by atoms with Gasteiger partial charge in [-0.3, -0.25) is 4.79 Å². The Kier molecular flexibility index (Phi) is 9.54. The van der Waals surface area contributed by atoms with Gasteiger partial charge in [-0.25, -0.2) is 13.4 Å². The summed E-state index contributed by atoms with van der Waals surface area (Å²) in [5.41, 5.74) is 0.873. The fourth-order valence-corrected chi connectivity index (χ4v) is 6.31. The second kappa shape index (κ2) is 13.2. The molecule has 3 atom stereocenters. The number of aliphatic hydroxyl groups is 1. The number of carbonyl (C=O) groups excluding carboxylic acids is 1. The lowest BCUT2D eigenvalue weighted by atomic mass is 9.95. The molecule has 2 N–H and O–H groups in total. The number of aliphatic hydroxyl groups excluding tert-OH is 1. The van der Waals surface area contributed by atoms with Gasteiger partial charge in [-0.15, -0.1) is 0 Å². The Morgan fingerprint density at radius 3 is 2.36 bits per heavy atom. The van der Waals surface area contributed by atoms with Crippen LogP contribution in [0.2, 0.25) is 0 Å². The molecule has 8 nitrogen and oxygen atoms in total. The zero-order chi connectivity index (χ0) is 32.4. The standard InChI is InChI=1S/C33H36F3N3O5S/c1-3-45(42,43)28-13-8-24(9-14-28)29(19-40)38-32(41)25-10-15-31(37-17-25)39-18-26(16-30(39)21(2)44-20-22-4-5-22)23-6-11-27(12-7-23)33(34,35)36/h6-15,17,22,26,29-30,40H,2-5,16,18-20H2,1H3,(H,38,41)/t26?,29-,30-/m0/s1. The van der Waals surface area contributed by atoms with Crippen molar-refractivity contribution in [1.82, 2.24) is 10.3 Å². The van der Waals surface area contributed by atoms with Crippen molar-refractivity contribution < 1.29 is 36.2 Å². The van der Waals surface area contributed by atoms with Gasteiger partial charge in [0.15, 0.2) is 9.84 Å². The van der Waals surface area contributed by atoms with Crippen molar-refractivity contribution >= 4 is 21.6 Å². The highest BCUT2D eigenvalue weighted by Gasteiger charge is 2.38. The van der Waals surface area contributed by atoms with Gasteiger partial charge in [-0.1, -0.05) is 37.8 Å². The molecule has 45 heavy (non-hydrogen) atoms. The third-order valence-electron chi connectivity index (χ3n) is 8.40. The molecule has 1 amide bonds. The first-order chi connectivity index (χ1) is 21.4. The Hall–Kier alpha value is -3.90. The summed E-state index contributed by atoms with van der Waals surface area (Å²) in [6, 6.07) is 13.5. The molecule has 240 valence electrons. The lowest BCUT2D eigenvalue weighted by molar-refractivity contribution is -0.137. The summed E-state index contributed by atoms with van der Waals surface area (Å²) in [6.07, 6.45) is -0.179. The van der Waals surface area contributed by atoms with Crippen LogP contribution >= 0.6 is 0 Å². The molecule has 1 aromatic heterocycles. The number of rotatable bonds is 12. The van der Waals surface area contributed by atoms with Gasteiger partial charge in [0.05, 0.1) is 47.1 Å². The monoisotopic (exact) mass is 643 g/mol. The van der Waals surface area contributed by atoms with E-state index in [4.69, 9.17) is 4.74 Å². The molecule has 2 aliphatic rings. The minimum absolute atomic E-state index is 0.0367. The maximum Gasteiger partial charge on any atom is 0.416 e. The normalized spacial score (nSPS) is 19.3. The molecule has 0 radical (unpaired) electrons. The van der Waals surface area contributed by atoms with Gasteiger partial charge in [-0.05, 0) is 72.7 Å². The van der Waals surface area contributed by atoms with E-state index in [2.05, 4.69) is 16.9 Å². The third kappa shape index (κ3) is 7.67. The molecule has 3 aromatic rings. The topological polar surface area (TPSA) is 109 Å². The number of alkyl halides is 3. The second-order valence-electron chi connectivity index (χ2n) is 11.5. The van der Waals surface area contributed by atoms with E-state index in [9.17, 15) is 31.5 Å². The van der Waals surface area contributed by atoms with E-state index < -0.39 is 40.1 Å². The van der Waals surface area contributed by atoms with Crippen molar-refractivity contribution in [3.63, 3.8) is 0 Å². The predicted octanol–water partition coefficient (Wildman–Crippen LogP) is 5.66. The Morgan fingerprint density at radius 1 is 1.11 bits per heavy atom. The number of nitrogens with one attached hydrogen (secondary N) is 1. The summed E-state index contributed by atoms with van der Waals surface area (Å²) in [7, 11) is -3.38. The van der Waals surface area contributed by atoms with Crippen LogP contribution < -0.4 is 10.2 Å². The van der Waals surface area contributed by atoms with Gasteiger partial charge in [0.1, 0.15) is 11.6 Å². The van der Waals surface area contributed by atoms with Gasteiger partial charge in [0.2, 0.25) is 0 Å². The minimum atomic E-state index is -4.41. The molecule has 2 fully saturated rings. The van der Waals surface area contributed by atoms with Gasteiger partial charge in [0, 0.05) is 18.7 Å². The maximum absolute atomic E-state index is 13.1. The quantitative estimate of drug-likeness (QED) is 0.245. The van der Waals surface area contributed by atoms with Crippen LogP contribution in [0, 0.1) is 5.92 Å². The summed E-state index contributed by atoms with van der Waals surface area (Å²) in [5.74, 6) is 1.05. The highest BCUT2D eigenvalue weighted by Crippen LogP contribution is 2.39. The number of ether oxygens (including phenoxy) is 1. The smallest absolute Gasteiger partial charge is 0.416 e. The highest BCUT2D eigenvalue weighted by molar-refractivity contribution is 7.91. The first kappa shape index (κ1) is 32.5. The molecule has 12 heteroatoms. The van der Waals surface area contributed by atoms with Gasteiger partial charge >= 0.3 is 6.18 Å². The summed E-state index contributed by atoms with van der Waals surface area (Å²) < 4.78 is 69.6. The number of sulfone groups is 1. The average molecular weight is 644 g/mol. The van der Waals surface area contributed by atoms with Crippen LogP contribution in [0.1, 0.15) is 65.2 Å². The SMILES string of the molecule is C=C(OCC1CC1)[C@@H]1CC(c2ccc(C(F)(F)F)cc2)CN1c1ccc(C(=O)N[C@@H](CO)c2ccc(S(=O)(=O)CC)cc2)cn1. The summed E-state index contributed by atoms with van der Waals surface area (Å²) in [5, 5.41) is 12.7. The number of pyridine rings is 1. The van der Waals surface area contributed by atoms with Crippen LogP contribution in [0.4, 0.5) is 19.0 Å². The van der Waals surface area contributed by atoms with Crippen LogP contribution in [0.5, 0.6) is 0 Å². The lowest BCUT2D eigenvalue weighted by Crippen LogP contribution is -2.33. The Bertz CT molecular complexity index is 1610. The van der Waals surface area contributed by atoms with Gasteiger partial charge in [-0.2, -0.15) is 13.2 Å². The fourth-order valence-electron chi connectivity index (χ4n) is 5.43. The van der Waals surface area contributed by atoms with Crippen molar-refractivity contribution in [3.8, 4) is 0 Å². The fraction of sp³-hybridized carbons (Fsp3) is 0.394. The number of hydrogen-bond donors (Lipinski definition) is 2. The van der Waals surface area contributed by atoms with Crippen molar-refractivity contribution in [2.45, 2.75) is 55.3 Å². The van der Waals surface area contributed by atoms with Crippen molar-refractivity contribution in [3.05, 3.63) is 101 Å². The molecule has 0 bridgehead atoms. The number of amides is 1. The summed E-state index contributed by atoms with van der Waals surface area (Å²) in [4.78, 5) is 19.8. The van der Waals surface area contributed by atoms with Gasteiger partial charge in [0.25, 0.3) is 5.91 Å². The predicted molar refractivity (Wildman–Crippen MR) is 163 cm³/mol. The number of benzene rings is 2. The summed E-state index contributed by atoms with van der Waals surface area (Å²) >= 11 is 0. The van der Waals surface area contributed by atoms with Crippen LogP contribution in [-0.2, 0) is 20.8 Å². The third-order valence-corrected chi connectivity index (χ3v) is 10.1. The van der Waals surface area contributed by atoms with Crippen LogP contribution in [0.3, 0.4) is 0 Å². The first-order valence-corrected chi connectivity index (χ1v) is 16.5. The van der Waals surface area contributed by atoms with E-state index in [0.29, 0.717) is 42.6 Å². The highest BCUT2D eigenvalue weighted by atomic mass is 32.2. The first-order valence-electron chi connectivity index (χ1n) is 14.9. The number of anilines is 1. The molecule has 1 saturated heterocycles. The van der Waals surface area contributed by atoms with E-state index in [1.165, 1.54) is 30.5 Å². The Labute approximate surface area is 260 Å². The lowest BCUT2D eigenvalue weighted by Gasteiger charge is -2.27. The van der Waals surface area contributed by atoms with Crippen molar-refractivity contribution in [2.24, 2.45) is 5.92 Å². The molecule has 2 heterocycles. The zero-order valence-corrected chi connectivity index (χ0v) is 25.7. The van der Waals surface area contributed by atoms with Crippen LogP contribution in [0.15, 0.2) is 84.1 Å². The second-order valence-corrected chi connectivity index (χ2v) is 13.8.